The molecule has 4 nitrogen and oxygen atoms in total. The summed E-state index contributed by atoms with van der Waals surface area (Å²) in [6.07, 6.45) is 1.62. The van der Waals surface area contributed by atoms with Crippen LogP contribution in [-0.4, -0.2) is 38.6 Å². The molecule has 1 aliphatic rings. The van der Waals surface area contributed by atoms with Crippen molar-refractivity contribution in [3.8, 4) is 5.75 Å². The van der Waals surface area contributed by atoms with Gasteiger partial charge in [0.2, 0.25) is 9.84 Å². The summed E-state index contributed by atoms with van der Waals surface area (Å²) in [5, 5.41) is 10.2. The predicted molar refractivity (Wildman–Crippen MR) is 84.9 cm³/mol. The summed E-state index contributed by atoms with van der Waals surface area (Å²) in [4.78, 5) is 2.42. The number of fused-ring (bicyclic) bond motifs is 1. The van der Waals surface area contributed by atoms with Crippen molar-refractivity contribution in [1.82, 2.24) is 4.90 Å². The van der Waals surface area contributed by atoms with Crippen molar-refractivity contribution >= 4 is 9.84 Å². The minimum absolute atomic E-state index is 0.00185. The van der Waals surface area contributed by atoms with Crippen molar-refractivity contribution < 1.29 is 13.5 Å². The molecule has 0 saturated heterocycles. The van der Waals surface area contributed by atoms with Gasteiger partial charge < -0.3 is 10.0 Å². The maximum Gasteiger partial charge on any atom is 0.210 e. The molecule has 116 valence electrons. The van der Waals surface area contributed by atoms with Gasteiger partial charge in [0.15, 0.2) is 0 Å². The Morgan fingerprint density at radius 3 is 2.23 bits per heavy atom. The van der Waals surface area contributed by atoms with Gasteiger partial charge in [0.05, 0.1) is 4.90 Å². The summed E-state index contributed by atoms with van der Waals surface area (Å²) in [6.45, 7) is 1.81. The zero-order chi connectivity index (χ0) is 15.7. The van der Waals surface area contributed by atoms with Crippen LogP contribution in [0.5, 0.6) is 5.75 Å². The maximum atomic E-state index is 12.7. The Labute approximate surface area is 130 Å². The van der Waals surface area contributed by atoms with Gasteiger partial charge in [0.1, 0.15) is 10.6 Å². The third-order valence-corrected chi connectivity index (χ3v) is 5.95. The van der Waals surface area contributed by atoms with Crippen molar-refractivity contribution in [2.75, 3.05) is 20.1 Å². The highest BCUT2D eigenvalue weighted by Crippen LogP contribution is 2.32. The number of aromatic hydroxyl groups is 1. The third kappa shape index (κ3) is 2.74. The maximum absolute atomic E-state index is 12.7. The minimum Gasteiger partial charge on any atom is -0.507 e. The molecule has 0 saturated carbocycles. The average molecular weight is 317 g/mol. The number of phenols is 1. The molecule has 0 fully saturated rings. The van der Waals surface area contributed by atoms with Crippen LogP contribution in [0.25, 0.3) is 0 Å². The molecule has 1 N–H and O–H groups in total. The first-order valence-electron chi connectivity index (χ1n) is 7.32. The SMILES string of the molecule is CN1CCc2cc(O)c(S(=O)(=O)c3ccccc3)cc2CC1. The predicted octanol–water partition coefficient (Wildman–Crippen LogP) is 2.26. The van der Waals surface area contributed by atoms with Gasteiger partial charge in [0.25, 0.3) is 0 Å². The molecule has 0 radical (unpaired) electrons. The van der Waals surface area contributed by atoms with Gasteiger partial charge in [-0.15, -0.1) is 0 Å². The van der Waals surface area contributed by atoms with Crippen molar-refractivity contribution in [2.24, 2.45) is 0 Å². The molecule has 0 amide bonds. The van der Waals surface area contributed by atoms with Crippen LogP contribution in [0.4, 0.5) is 0 Å². The molecule has 5 heteroatoms. The topological polar surface area (TPSA) is 57.6 Å². The first-order valence-corrected chi connectivity index (χ1v) is 8.80. The van der Waals surface area contributed by atoms with Crippen LogP contribution in [0, 0.1) is 0 Å². The number of rotatable bonds is 2. The molecule has 2 aromatic rings. The monoisotopic (exact) mass is 317 g/mol. The van der Waals surface area contributed by atoms with E-state index in [-0.39, 0.29) is 15.5 Å². The molecule has 0 aliphatic carbocycles. The lowest BCUT2D eigenvalue weighted by molar-refractivity contribution is 0.352. The van der Waals surface area contributed by atoms with Gasteiger partial charge in [-0.05, 0) is 55.3 Å². The molecule has 0 bridgehead atoms. The molecule has 3 rings (SSSR count). The van der Waals surface area contributed by atoms with Gasteiger partial charge in [0, 0.05) is 13.1 Å². The van der Waals surface area contributed by atoms with Crippen LogP contribution in [0.15, 0.2) is 52.3 Å². The Kier molecular flexibility index (Phi) is 3.93. The Balaban J connectivity index is 2.09. The molecule has 0 unspecified atom stereocenters. The summed E-state index contributed by atoms with van der Waals surface area (Å²) in [5.41, 5.74) is 2.05. The van der Waals surface area contributed by atoms with Crippen LogP contribution >= 0.6 is 0 Å². The molecule has 0 aromatic heterocycles. The van der Waals surface area contributed by atoms with E-state index in [2.05, 4.69) is 4.90 Å². The van der Waals surface area contributed by atoms with E-state index < -0.39 is 9.84 Å². The summed E-state index contributed by atoms with van der Waals surface area (Å²) < 4.78 is 25.4. The second kappa shape index (κ2) is 5.74. The number of likely N-dealkylation sites (N-methyl/N-ethyl adjacent to an activating group) is 1. The Hall–Kier alpha value is -1.85. The lowest BCUT2D eigenvalue weighted by Gasteiger charge is -2.12. The molecule has 0 spiro atoms. The second-order valence-corrected chi connectivity index (χ2v) is 7.63. The molecule has 1 heterocycles. The van der Waals surface area contributed by atoms with E-state index in [0.717, 1.165) is 37.1 Å². The van der Waals surface area contributed by atoms with E-state index in [0.29, 0.717) is 0 Å². The molecular formula is C17H19NO3S. The number of hydrogen-bond acceptors (Lipinski definition) is 4. The van der Waals surface area contributed by atoms with Gasteiger partial charge in [-0.3, -0.25) is 0 Å². The van der Waals surface area contributed by atoms with Gasteiger partial charge >= 0.3 is 0 Å². The van der Waals surface area contributed by atoms with Gasteiger partial charge in [-0.25, -0.2) is 8.42 Å². The average Bonchev–Trinajstić information content (AvgIpc) is 2.69. The fourth-order valence-corrected chi connectivity index (χ4v) is 4.20. The zero-order valence-electron chi connectivity index (χ0n) is 12.5. The highest BCUT2D eigenvalue weighted by molar-refractivity contribution is 7.91. The van der Waals surface area contributed by atoms with Crippen LogP contribution < -0.4 is 0 Å². The number of phenolic OH excluding ortho intramolecular Hbond substituents is 1. The molecule has 22 heavy (non-hydrogen) atoms. The quantitative estimate of drug-likeness (QED) is 0.923. The standard InChI is InChI=1S/C17H19NO3S/c1-18-9-7-13-11-16(19)17(12-14(13)8-10-18)22(20,21)15-5-3-2-4-6-15/h2-6,11-12,19H,7-10H2,1H3. The van der Waals surface area contributed by atoms with Crippen molar-refractivity contribution in [3.05, 3.63) is 53.6 Å². The Morgan fingerprint density at radius 2 is 1.59 bits per heavy atom. The molecular weight excluding hydrogens is 298 g/mol. The lowest BCUT2D eigenvalue weighted by atomic mass is 10.0. The lowest BCUT2D eigenvalue weighted by Crippen LogP contribution is -2.20. The molecule has 2 aromatic carbocycles. The van der Waals surface area contributed by atoms with Crippen molar-refractivity contribution in [1.29, 1.82) is 0 Å². The number of sulfone groups is 1. The minimum atomic E-state index is -3.69. The van der Waals surface area contributed by atoms with E-state index in [1.54, 1.807) is 42.5 Å². The fourth-order valence-electron chi connectivity index (χ4n) is 2.80. The van der Waals surface area contributed by atoms with Crippen LogP contribution in [-0.2, 0) is 22.7 Å². The van der Waals surface area contributed by atoms with Crippen molar-refractivity contribution in [3.63, 3.8) is 0 Å². The smallest absolute Gasteiger partial charge is 0.210 e. The highest BCUT2D eigenvalue weighted by atomic mass is 32.2. The van der Waals surface area contributed by atoms with Crippen molar-refractivity contribution in [2.45, 2.75) is 22.6 Å². The van der Waals surface area contributed by atoms with E-state index in [1.165, 1.54) is 0 Å². The number of nitrogens with zero attached hydrogens (tertiary/aromatic N) is 1. The zero-order valence-corrected chi connectivity index (χ0v) is 13.3. The molecule has 0 atom stereocenters. The van der Waals surface area contributed by atoms with E-state index in [9.17, 15) is 13.5 Å². The summed E-state index contributed by atoms with van der Waals surface area (Å²) in [5.74, 6) is -0.160. The summed E-state index contributed by atoms with van der Waals surface area (Å²) >= 11 is 0. The normalized spacial score (nSPS) is 16.0. The third-order valence-electron chi connectivity index (χ3n) is 4.15. The van der Waals surface area contributed by atoms with E-state index >= 15 is 0 Å². The van der Waals surface area contributed by atoms with E-state index in [4.69, 9.17) is 0 Å². The first kappa shape index (κ1) is 15.1. The van der Waals surface area contributed by atoms with Crippen LogP contribution in [0.3, 0.4) is 0 Å². The van der Waals surface area contributed by atoms with Crippen LogP contribution in [0.2, 0.25) is 0 Å². The number of benzene rings is 2. The Bertz CT molecular complexity index is 785. The number of hydrogen-bond donors (Lipinski definition) is 1. The van der Waals surface area contributed by atoms with Gasteiger partial charge in [-0.1, -0.05) is 18.2 Å². The summed E-state index contributed by atoms with van der Waals surface area (Å²) in [7, 11) is -1.64. The summed E-state index contributed by atoms with van der Waals surface area (Å²) in [6, 6.07) is 11.5. The first-order chi connectivity index (χ1) is 10.5. The molecule has 1 aliphatic heterocycles. The fraction of sp³-hybridized carbons (Fsp3) is 0.294. The highest BCUT2D eigenvalue weighted by Gasteiger charge is 2.24. The van der Waals surface area contributed by atoms with E-state index in [1.807, 2.05) is 7.05 Å². The van der Waals surface area contributed by atoms with Gasteiger partial charge in [-0.2, -0.15) is 0 Å². The Morgan fingerprint density at radius 1 is 1.00 bits per heavy atom. The van der Waals surface area contributed by atoms with Crippen LogP contribution in [0.1, 0.15) is 11.1 Å². The second-order valence-electron chi connectivity index (χ2n) is 5.71. The largest absolute Gasteiger partial charge is 0.507 e.